The zero-order valence-electron chi connectivity index (χ0n) is 39.7. The number of fused-ring (bicyclic) bond motifs is 2. The minimum absolute atomic E-state index is 0.0489. The van der Waals surface area contributed by atoms with E-state index < -0.39 is 135 Å². The Morgan fingerprint density at radius 2 is 1.35 bits per heavy atom. The number of cyclic esters (lactones) is 1. The lowest BCUT2D eigenvalue weighted by Gasteiger charge is -2.45. The number of amides is 1. The largest absolute Gasteiger partial charge is 0.462 e. The molecule has 0 aromatic carbocycles. The smallest absolute Gasteiger partial charge is 0.308 e. The molecule has 0 saturated carbocycles. The van der Waals surface area contributed by atoms with Crippen LogP contribution in [-0.2, 0) is 33.3 Å². The minimum atomic E-state index is -2.26. The molecule has 7 unspecified atom stereocenters. The van der Waals surface area contributed by atoms with Crippen LogP contribution < -0.4 is 11.1 Å². The van der Waals surface area contributed by atoms with Gasteiger partial charge in [-0.25, -0.2) is 0 Å². The Kier molecular flexibility index (Phi) is 25.1. The Bertz CT molecular complexity index is 1750. The van der Waals surface area contributed by atoms with Crippen LogP contribution in [0.3, 0.4) is 0 Å². The van der Waals surface area contributed by atoms with Crippen molar-refractivity contribution in [2.75, 3.05) is 26.4 Å². The van der Waals surface area contributed by atoms with E-state index in [9.17, 15) is 60.7 Å². The van der Waals surface area contributed by atoms with Crippen LogP contribution in [0.4, 0.5) is 0 Å². The second kappa shape index (κ2) is 29.8. The van der Waals surface area contributed by atoms with E-state index in [2.05, 4.69) is 5.32 Å². The number of carbonyl (C=O) groups is 2. The lowest BCUT2D eigenvalue weighted by atomic mass is 9.82. The topological polar surface area (TPSA) is 321 Å². The lowest BCUT2D eigenvalue weighted by molar-refractivity contribution is -0.304. The Balaban J connectivity index is 1.57. The van der Waals surface area contributed by atoms with Gasteiger partial charge in [-0.1, -0.05) is 92.0 Å². The number of ether oxygens (including phenoxy) is 5. The summed E-state index contributed by atoms with van der Waals surface area (Å²) in [5, 5.41) is 112. The second-order valence-electron chi connectivity index (χ2n) is 18.8. The summed E-state index contributed by atoms with van der Waals surface area (Å²) in [5.41, 5.74) is 6.02. The monoisotopic (exact) mass is 979 g/mol. The molecule has 19 nitrogen and oxygen atoms in total. The highest BCUT2D eigenvalue weighted by Crippen LogP contribution is 2.38. The van der Waals surface area contributed by atoms with Gasteiger partial charge in [-0.2, -0.15) is 0 Å². The highest BCUT2D eigenvalue weighted by molar-refractivity contribution is 5.80. The van der Waals surface area contributed by atoms with Crippen molar-refractivity contribution in [3.8, 4) is 0 Å². The van der Waals surface area contributed by atoms with Crippen LogP contribution in [0.2, 0.25) is 0 Å². The molecule has 0 radical (unpaired) electrons. The molecule has 0 aliphatic carbocycles. The van der Waals surface area contributed by atoms with Crippen molar-refractivity contribution < 1.29 is 84.3 Å². The number of nitrogens with one attached hydrogen (secondary N) is 1. The zero-order valence-corrected chi connectivity index (χ0v) is 39.7. The summed E-state index contributed by atoms with van der Waals surface area (Å²) in [6, 6.07) is -1.10. The third-order valence-corrected chi connectivity index (χ3v) is 12.7. The van der Waals surface area contributed by atoms with Crippen molar-refractivity contribution >= 4 is 11.9 Å². The summed E-state index contributed by atoms with van der Waals surface area (Å²) in [7, 11) is 0. The molecule has 19 heteroatoms. The third kappa shape index (κ3) is 20.6. The number of esters is 1. The number of hydrogen-bond acceptors (Lipinski definition) is 18. The number of rotatable bonds is 5. The number of hydrogen-bond donors (Lipinski definition) is 12. The van der Waals surface area contributed by atoms with Gasteiger partial charge in [0.05, 0.1) is 92.6 Å². The van der Waals surface area contributed by atoms with Crippen molar-refractivity contribution in [1.29, 1.82) is 0 Å². The molecule has 4 aliphatic rings. The van der Waals surface area contributed by atoms with Gasteiger partial charge < -0.3 is 85.8 Å². The molecule has 2 bridgehead atoms. The van der Waals surface area contributed by atoms with Crippen LogP contribution in [-0.4, -0.2) is 181 Å². The van der Waals surface area contributed by atoms with Crippen LogP contribution in [0.25, 0.3) is 0 Å². The third-order valence-electron chi connectivity index (χ3n) is 12.7. The molecule has 18 atom stereocenters. The van der Waals surface area contributed by atoms with Crippen LogP contribution in [0.5, 0.6) is 0 Å². The Hall–Kier alpha value is -3.48. The van der Waals surface area contributed by atoms with Gasteiger partial charge in [0, 0.05) is 57.1 Å². The molecule has 3 saturated heterocycles. The number of allylic oxidation sites excluding steroid dienone is 12. The van der Waals surface area contributed by atoms with Crippen LogP contribution in [0, 0.1) is 17.8 Å². The molecule has 0 aromatic rings. The quantitative estimate of drug-likeness (QED) is 0.163. The zero-order chi connectivity index (χ0) is 50.5. The predicted octanol–water partition coefficient (Wildman–Crippen LogP) is 0.145. The molecule has 13 N–H and O–H groups in total. The fourth-order valence-corrected chi connectivity index (χ4v) is 8.62. The highest BCUT2D eigenvalue weighted by Gasteiger charge is 2.50. The van der Waals surface area contributed by atoms with Crippen molar-refractivity contribution in [2.45, 2.75) is 169 Å². The van der Waals surface area contributed by atoms with Gasteiger partial charge in [-0.15, -0.1) is 0 Å². The van der Waals surface area contributed by atoms with E-state index in [1.165, 1.54) is 0 Å². The van der Waals surface area contributed by atoms with E-state index in [4.69, 9.17) is 29.4 Å². The molecule has 1 amide bonds. The minimum Gasteiger partial charge on any atom is -0.462 e. The van der Waals surface area contributed by atoms with Crippen molar-refractivity contribution in [3.63, 3.8) is 0 Å². The fraction of sp³-hybridized carbons (Fsp3) is 0.680. The molecule has 4 aliphatic heterocycles. The van der Waals surface area contributed by atoms with Gasteiger partial charge in [0.25, 0.3) is 0 Å². The highest BCUT2D eigenvalue weighted by atomic mass is 16.7. The van der Waals surface area contributed by atoms with Gasteiger partial charge in [0.2, 0.25) is 5.91 Å². The van der Waals surface area contributed by atoms with E-state index >= 15 is 0 Å². The Labute approximate surface area is 404 Å². The normalized spacial score (nSPS) is 43.6. The molecular formula is C50H78N2O17. The van der Waals surface area contributed by atoms with E-state index in [-0.39, 0.29) is 57.1 Å². The summed E-state index contributed by atoms with van der Waals surface area (Å²) in [4.78, 5) is 26.4. The van der Waals surface area contributed by atoms with E-state index in [1.807, 2.05) is 43.4 Å². The second-order valence-corrected chi connectivity index (χ2v) is 18.8. The van der Waals surface area contributed by atoms with Crippen LogP contribution in [0.15, 0.2) is 85.1 Å². The first-order chi connectivity index (χ1) is 32.8. The maximum Gasteiger partial charge on any atom is 0.308 e. The standard InChI is InChI=1S/C50H78N2O17/c1-31-15-13-11-9-7-5-3-4-6-8-10-12-14-16-37(68-49-47(62)46(51)42(60)30-66-49)25-43-45(48(63)52-28-33-19-20-65-29-33)41(59)27-50(64,69-43)26-36(55)23-40(58)38(56)18-17-34(53)22-35(54)24-44(61)67-32(2)21-39(31)57/h3-16,31-43,45-47,49,53-60,62,64H,17-30,51H2,1-2H3,(H,52,63)/b4-3+,7-5+,8-6+,11-9+,12-10+,15-13+,16-14+/t31-,32-,33?,34?,35?,36?,37-,38?,39-,40?,41-,42+,43-,45?,46-,47-,49-,50+/m0/s1. The van der Waals surface area contributed by atoms with Gasteiger partial charge in [0.1, 0.15) is 12.2 Å². The molecule has 0 aromatic heterocycles. The summed E-state index contributed by atoms with van der Waals surface area (Å²) < 4.78 is 28.8. The molecule has 4 heterocycles. The number of aliphatic hydroxyl groups excluding tert-OH is 9. The summed E-state index contributed by atoms with van der Waals surface area (Å²) in [6.45, 7) is 4.48. The summed E-state index contributed by atoms with van der Waals surface area (Å²) >= 11 is 0. The number of nitrogens with two attached hydrogens (primary N) is 1. The first-order valence-corrected chi connectivity index (χ1v) is 24.1. The molecule has 69 heavy (non-hydrogen) atoms. The van der Waals surface area contributed by atoms with Gasteiger partial charge in [0.15, 0.2) is 12.1 Å². The first kappa shape index (κ1) is 58.1. The summed E-state index contributed by atoms with van der Waals surface area (Å²) in [5.74, 6) is -5.01. The van der Waals surface area contributed by atoms with Gasteiger partial charge >= 0.3 is 5.97 Å². The maximum atomic E-state index is 13.9. The molecule has 0 spiro atoms. The van der Waals surface area contributed by atoms with Crippen LogP contribution >= 0.6 is 0 Å². The van der Waals surface area contributed by atoms with Gasteiger partial charge in [-0.05, 0) is 32.6 Å². The predicted molar refractivity (Wildman–Crippen MR) is 252 cm³/mol. The van der Waals surface area contributed by atoms with Gasteiger partial charge in [-0.3, -0.25) is 9.59 Å². The number of carbonyl (C=O) groups excluding carboxylic acids is 2. The number of aliphatic hydroxyl groups is 10. The SMILES string of the molecule is C[C@H]1C[C@H](O)[C@@H](C)/C=C/C=C/C=C/C=C/C=C/C=C/C=C/[C@H](O[C@@H]2OC[C@@H](O)[C@H](N)[C@@H]2O)C[C@@H]2O[C@](O)(CC(O)CC(O)C(O)CCC(O)CC(O)CC(=O)O1)C[C@H](O)C2C(=O)NCC1CCOC1. The van der Waals surface area contributed by atoms with Crippen molar-refractivity contribution in [1.82, 2.24) is 5.32 Å². The van der Waals surface area contributed by atoms with E-state index in [1.54, 1.807) is 55.5 Å². The lowest BCUT2D eigenvalue weighted by Crippen LogP contribution is -2.59. The molecule has 3 fully saturated rings. The van der Waals surface area contributed by atoms with E-state index in [0.717, 1.165) is 6.42 Å². The molecule has 390 valence electrons. The summed E-state index contributed by atoms with van der Waals surface area (Å²) in [6.07, 6.45) is 6.78. The average molecular weight is 979 g/mol. The first-order valence-electron chi connectivity index (χ1n) is 24.1. The Morgan fingerprint density at radius 3 is 1.99 bits per heavy atom. The van der Waals surface area contributed by atoms with Crippen LogP contribution in [0.1, 0.15) is 78.1 Å². The average Bonchev–Trinajstić information content (AvgIpc) is 3.80. The van der Waals surface area contributed by atoms with Crippen molar-refractivity contribution in [2.24, 2.45) is 23.5 Å². The maximum absolute atomic E-state index is 13.9. The van der Waals surface area contributed by atoms with Crippen molar-refractivity contribution in [3.05, 3.63) is 85.1 Å². The molecular weight excluding hydrogens is 901 g/mol. The van der Waals surface area contributed by atoms with E-state index in [0.29, 0.717) is 13.2 Å². The Morgan fingerprint density at radius 1 is 0.710 bits per heavy atom. The fourth-order valence-electron chi connectivity index (χ4n) is 8.62. The molecule has 4 rings (SSSR count).